The van der Waals surface area contributed by atoms with E-state index in [9.17, 15) is 4.79 Å². The van der Waals surface area contributed by atoms with Crippen LogP contribution in [0.1, 0.15) is 42.6 Å². The van der Waals surface area contributed by atoms with Crippen LogP contribution in [-0.2, 0) is 13.6 Å². The third-order valence-electron chi connectivity index (χ3n) is 2.87. The minimum atomic E-state index is -0.198. The number of carbonyl (C=O) groups is 1. The molecule has 2 heterocycles. The second-order valence-corrected chi connectivity index (χ2v) is 4.43. The molecule has 0 aliphatic rings. The Morgan fingerprint density at radius 1 is 1.53 bits per heavy atom. The van der Waals surface area contributed by atoms with E-state index >= 15 is 0 Å². The SMILES string of the molecule is CCCn1ncnc1[C@@H](C)NC(=O)c1cncn1C. The molecule has 1 amide bonds. The summed E-state index contributed by atoms with van der Waals surface area (Å²) in [5, 5.41) is 7.05. The summed E-state index contributed by atoms with van der Waals surface area (Å²) in [6, 6.07) is -0.198. The Balaban J connectivity index is 2.08. The van der Waals surface area contributed by atoms with Crippen molar-refractivity contribution in [3.8, 4) is 0 Å². The van der Waals surface area contributed by atoms with Gasteiger partial charge >= 0.3 is 0 Å². The van der Waals surface area contributed by atoms with Gasteiger partial charge in [-0.2, -0.15) is 5.10 Å². The maximum atomic E-state index is 12.1. The number of carbonyl (C=O) groups excluding carboxylic acids is 1. The number of nitrogens with zero attached hydrogens (tertiary/aromatic N) is 5. The monoisotopic (exact) mass is 262 g/mol. The largest absolute Gasteiger partial charge is 0.341 e. The normalized spacial score (nSPS) is 12.4. The molecule has 1 N–H and O–H groups in total. The third-order valence-corrected chi connectivity index (χ3v) is 2.87. The second-order valence-electron chi connectivity index (χ2n) is 4.43. The van der Waals surface area contributed by atoms with Crippen molar-refractivity contribution >= 4 is 5.91 Å². The van der Waals surface area contributed by atoms with Gasteiger partial charge in [0.05, 0.1) is 18.6 Å². The Kier molecular flexibility index (Phi) is 3.94. The molecule has 2 rings (SSSR count). The summed E-state index contributed by atoms with van der Waals surface area (Å²) < 4.78 is 3.49. The van der Waals surface area contributed by atoms with Crippen LogP contribution in [0.3, 0.4) is 0 Å². The van der Waals surface area contributed by atoms with E-state index in [0.717, 1.165) is 18.8 Å². The van der Waals surface area contributed by atoms with Gasteiger partial charge in [0.1, 0.15) is 17.8 Å². The van der Waals surface area contributed by atoms with Crippen LogP contribution < -0.4 is 5.32 Å². The molecule has 0 aliphatic heterocycles. The van der Waals surface area contributed by atoms with E-state index in [1.165, 1.54) is 6.33 Å². The molecule has 0 bridgehead atoms. The summed E-state index contributed by atoms with van der Waals surface area (Å²) in [7, 11) is 1.78. The summed E-state index contributed by atoms with van der Waals surface area (Å²) in [6.07, 6.45) is 5.62. The van der Waals surface area contributed by atoms with Crippen molar-refractivity contribution in [2.45, 2.75) is 32.9 Å². The molecular weight excluding hydrogens is 244 g/mol. The van der Waals surface area contributed by atoms with Crippen molar-refractivity contribution < 1.29 is 4.79 Å². The fraction of sp³-hybridized carbons (Fsp3) is 0.500. The van der Waals surface area contributed by atoms with Crippen molar-refractivity contribution in [2.75, 3.05) is 0 Å². The van der Waals surface area contributed by atoms with Gasteiger partial charge in [-0.05, 0) is 13.3 Å². The maximum absolute atomic E-state index is 12.1. The molecular formula is C12H18N6O. The molecule has 0 spiro atoms. The molecule has 0 saturated heterocycles. The summed E-state index contributed by atoms with van der Waals surface area (Å²) in [5.41, 5.74) is 0.522. The zero-order valence-corrected chi connectivity index (χ0v) is 11.4. The number of imidazole rings is 1. The van der Waals surface area contributed by atoms with Gasteiger partial charge in [0.15, 0.2) is 0 Å². The minimum absolute atomic E-state index is 0.168. The summed E-state index contributed by atoms with van der Waals surface area (Å²) in [5.74, 6) is 0.593. The zero-order valence-electron chi connectivity index (χ0n) is 11.4. The molecule has 2 aromatic rings. The van der Waals surface area contributed by atoms with Crippen LogP contribution in [0, 0.1) is 0 Å². The first-order valence-electron chi connectivity index (χ1n) is 6.28. The van der Waals surface area contributed by atoms with Gasteiger partial charge in [0, 0.05) is 13.6 Å². The lowest BCUT2D eigenvalue weighted by Crippen LogP contribution is -2.30. The summed E-state index contributed by atoms with van der Waals surface area (Å²) in [6.45, 7) is 4.76. The number of hydrogen-bond acceptors (Lipinski definition) is 4. The van der Waals surface area contributed by atoms with E-state index in [1.54, 1.807) is 24.1 Å². The van der Waals surface area contributed by atoms with Gasteiger partial charge in [-0.3, -0.25) is 4.79 Å². The molecule has 0 aliphatic carbocycles. The van der Waals surface area contributed by atoms with Crippen molar-refractivity contribution in [3.63, 3.8) is 0 Å². The van der Waals surface area contributed by atoms with Crippen molar-refractivity contribution in [3.05, 3.63) is 30.4 Å². The first-order valence-corrected chi connectivity index (χ1v) is 6.28. The average Bonchev–Trinajstić information content (AvgIpc) is 2.98. The highest BCUT2D eigenvalue weighted by Crippen LogP contribution is 2.10. The molecule has 0 radical (unpaired) electrons. The van der Waals surface area contributed by atoms with Crippen LogP contribution >= 0.6 is 0 Å². The maximum Gasteiger partial charge on any atom is 0.270 e. The smallest absolute Gasteiger partial charge is 0.270 e. The Hall–Kier alpha value is -2.18. The molecule has 0 aromatic carbocycles. The van der Waals surface area contributed by atoms with Gasteiger partial charge in [-0.1, -0.05) is 6.92 Å². The van der Waals surface area contributed by atoms with E-state index in [4.69, 9.17) is 0 Å². The molecule has 0 saturated carbocycles. The van der Waals surface area contributed by atoms with E-state index < -0.39 is 0 Å². The predicted octanol–water partition coefficient (Wildman–Crippen LogP) is 0.913. The van der Waals surface area contributed by atoms with Crippen LogP contribution in [0.4, 0.5) is 0 Å². The fourth-order valence-corrected chi connectivity index (χ4v) is 1.90. The summed E-state index contributed by atoms with van der Waals surface area (Å²) in [4.78, 5) is 20.2. The Bertz CT molecular complexity index is 558. The summed E-state index contributed by atoms with van der Waals surface area (Å²) >= 11 is 0. The molecule has 2 aromatic heterocycles. The number of aryl methyl sites for hydroxylation is 2. The Labute approximate surface area is 111 Å². The van der Waals surface area contributed by atoms with Crippen LogP contribution in [0.25, 0.3) is 0 Å². The lowest BCUT2D eigenvalue weighted by atomic mass is 10.3. The average molecular weight is 262 g/mol. The van der Waals surface area contributed by atoms with Gasteiger partial charge < -0.3 is 9.88 Å². The number of rotatable bonds is 5. The fourth-order valence-electron chi connectivity index (χ4n) is 1.90. The molecule has 1 atom stereocenters. The first kappa shape index (κ1) is 13.3. The number of nitrogens with one attached hydrogen (secondary N) is 1. The second kappa shape index (κ2) is 5.64. The van der Waals surface area contributed by atoms with E-state index in [1.807, 2.05) is 11.6 Å². The molecule has 7 heteroatoms. The van der Waals surface area contributed by atoms with Crippen LogP contribution in [-0.4, -0.2) is 30.2 Å². The van der Waals surface area contributed by atoms with Gasteiger partial charge in [-0.15, -0.1) is 0 Å². The number of amides is 1. The van der Waals surface area contributed by atoms with E-state index in [-0.39, 0.29) is 11.9 Å². The highest BCUT2D eigenvalue weighted by molar-refractivity contribution is 5.92. The van der Waals surface area contributed by atoms with Crippen molar-refractivity contribution in [1.29, 1.82) is 0 Å². The van der Waals surface area contributed by atoms with E-state index in [0.29, 0.717) is 5.69 Å². The topological polar surface area (TPSA) is 77.6 Å². The van der Waals surface area contributed by atoms with E-state index in [2.05, 4.69) is 27.3 Å². The first-order chi connectivity index (χ1) is 9.13. The molecule has 0 unspecified atom stereocenters. The highest BCUT2D eigenvalue weighted by Gasteiger charge is 2.17. The van der Waals surface area contributed by atoms with Gasteiger partial charge in [0.25, 0.3) is 5.91 Å². The minimum Gasteiger partial charge on any atom is -0.341 e. The molecule has 102 valence electrons. The molecule has 0 fully saturated rings. The van der Waals surface area contributed by atoms with Gasteiger partial charge in [0.2, 0.25) is 0 Å². The quantitative estimate of drug-likeness (QED) is 0.869. The molecule has 19 heavy (non-hydrogen) atoms. The highest BCUT2D eigenvalue weighted by atomic mass is 16.2. The predicted molar refractivity (Wildman–Crippen MR) is 69.4 cm³/mol. The van der Waals surface area contributed by atoms with Crippen molar-refractivity contribution in [1.82, 2.24) is 29.6 Å². The third kappa shape index (κ3) is 2.81. The number of hydrogen-bond donors (Lipinski definition) is 1. The zero-order chi connectivity index (χ0) is 13.8. The Morgan fingerprint density at radius 2 is 2.32 bits per heavy atom. The molecule has 7 nitrogen and oxygen atoms in total. The Morgan fingerprint density at radius 3 is 2.95 bits per heavy atom. The van der Waals surface area contributed by atoms with Crippen LogP contribution in [0.5, 0.6) is 0 Å². The lowest BCUT2D eigenvalue weighted by molar-refractivity contribution is 0.0929. The number of aromatic nitrogens is 5. The van der Waals surface area contributed by atoms with Crippen LogP contribution in [0.2, 0.25) is 0 Å². The van der Waals surface area contributed by atoms with Gasteiger partial charge in [-0.25, -0.2) is 14.6 Å². The van der Waals surface area contributed by atoms with Crippen LogP contribution in [0.15, 0.2) is 18.9 Å². The van der Waals surface area contributed by atoms with Crippen molar-refractivity contribution in [2.24, 2.45) is 7.05 Å². The standard InChI is InChI=1S/C12H18N6O/c1-4-5-18-11(14-7-15-18)9(2)16-12(19)10-6-13-8-17(10)3/h6-9H,4-5H2,1-3H3,(H,16,19)/t9-/m1/s1. The lowest BCUT2D eigenvalue weighted by Gasteiger charge is -2.14.